The van der Waals surface area contributed by atoms with Crippen molar-refractivity contribution in [1.29, 1.82) is 0 Å². The third-order valence-electron chi connectivity index (χ3n) is 12.6. The molecule has 5 aliphatic rings. The third kappa shape index (κ3) is 2.66. The van der Waals surface area contributed by atoms with Crippen LogP contribution in [0.4, 0.5) is 0 Å². The van der Waals surface area contributed by atoms with Crippen molar-refractivity contribution in [1.82, 2.24) is 0 Å². The summed E-state index contributed by atoms with van der Waals surface area (Å²) in [6, 6.07) is 0. The molecular weight excluding hydrogens is 392 g/mol. The molecule has 2 nitrogen and oxygen atoms in total. The predicted octanol–water partition coefficient (Wildman–Crippen LogP) is 7.06. The first-order valence-electron chi connectivity index (χ1n) is 13.4. The van der Waals surface area contributed by atoms with Crippen LogP contribution in [0.1, 0.15) is 107 Å². The Morgan fingerprint density at radius 2 is 1.41 bits per heavy atom. The maximum atomic E-state index is 11.5. The van der Waals surface area contributed by atoms with Crippen LogP contribution in [0.25, 0.3) is 0 Å². The van der Waals surface area contributed by atoms with Crippen molar-refractivity contribution in [3.63, 3.8) is 0 Å². The van der Waals surface area contributed by atoms with Gasteiger partial charge in [-0.1, -0.05) is 78.7 Å². The molecule has 4 saturated carbocycles. The van der Waals surface area contributed by atoms with Crippen LogP contribution in [0.3, 0.4) is 0 Å². The van der Waals surface area contributed by atoms with Gasteiger partial charge >= 0.3 is 0 Å². The Bertz CT molecular complexity index is 879. The summed E-state index contributed by atoms with van der Waals surface area (Å²) in [5.74, 6) is 0.994. The van der Waals surface area contributed by atoms with Gasteiger partial charge in [0.05, 0.1) is 12.2 Å². The molecule has 180 valence electrons. The van der Waals surface area contributed by atoms with Crippen molar-refractivity contribution < 1.29 is 10.2 Å². The lowest BCUT2D eigenvalue weighted by Crippen LogP contribution is -2.64. The molecular formula is C30H48O2. The Hall–Kier alpha value is -0.600. The lowest BCUT2D eigenvalue weighted by atomic mass is 9.36. The molecule has 0 aromatic carbocycles. The van der Waals surface area contributed by atoms with E-state index < -0.39 is 12.2 Å². The van der Waals surface area contributed by atoms with E-state index in [1.54, 1.807) is 5.57 Å². The molecule has 0 bridgehead atoms. The maximum Gasteiger partial charge on any atom is 0.0658 e. The molecule has 0 aliphatic heterocycles. The van der Waals surface area contributed by atoms with E-state index in [0.29, 0.717) is 29.1 Å². The molecule has 32 heavy (non-hydrogen) atoms. The average Bonchev–Trinajstić information content (AvgIpc) is 2.68. The van der Waals surface area contributed by atoms with Gasteiger partial charge in [0.15, 0.2) is 0 Å². The van der Waals surface area contributed by atoms with Gasteiger partial charge in [0.25, 0.3) is 0 Å². The minimum Gasteiger partial charge on any atom is -0.392 e. The summed E-state index contributed by atoms with van der Waals surface area (Å²) in [6.07, 6.45) is 13.5. The highest BCUT2D eigenvalue weighted by Crippen LogP contribution is 2.74. The first-order valence-corrected chi connectivity index (χ1v) is 13.4. The van der Waals surface area contributed by atoms with E-state index in [-0.39, 0.29) is 21.7 Å². The molecule has 0 aromatic rings. The Balaban J connectivity index is 1.65. The van der Waals surface area contributed by atoms with E-state index in [9.17, 15) is 10.2 Å². The summed E-state index contributed by atoms with van der Waals surface area (Å²) in [4.78, 5) is 0. The summed E-state index contributed by atoms with van der Waals surface area (Å²) >= 11 is 0. The molecule has 0 heterocycles. The van der Waals surface area contributed by atoms with Crippen LogP contribution >= 0.6 is 0 Å². The van der Waals surface area contributed by atoms with Gasteiger partial charge in [-0.05, 0) is 83.9 Å². The third-order valence-corrected chi connectivity index (χ3v) is 12.6. The van der Waals surface area contributed by atoms with E-state index in [4.69, 9.17) is 0 Å². The Morgan fingerprint density at radius 1 is 0.750 bits per heavy atom. The number of rotatable bonds is 0. The minimum atomic E-state index is -0.470. The lowest BCUT2D eigenvalue weighted by molar-refractivity contribution is -0.175. The highest BCUT2D eigenvalue weighted by Gasteiger charge is 2.67. The SMILES string of the molecule is CC1(C)CC[C@]2(C)CC[C@]3(C)C(=CC=C4[C@@]5(C)[C@@H](O)C[C@H](O)C(C)(C)[C@@H]5CC[C@]43C)[C@@H]2C1. The van der Waals surface area contributed by atoms with Gasteiger partial charge in [-0.3, -0.25) is 0 Å². The van der Waals surface area contributed by atoms with Crippen LogP contribution in [0.2, 0.25) is 0 Å². The Kier molecular flexibility index (Phi) is 4.73. The first-order chi connectivity index (χ1) is 14.6. The van der Waals surface area contributed by atoms with Gasteiger partial charge in [0.1, 0.15) is 0 Å². The normalized spacial score (nSPS) is 53.7. The second kappa shape index (κ2) is 6.54. The fourth-order valence-corrected chi connectivity index (χ4v) is 9.75. The van der Waals surface area contributed by atoms with E-state index in [2.05, 4.69) is 67.5 Å². The number of hydrogen-bond acceptors (Lipinski definition) is 2. The monoisotopic (exact) mass is 440 g/mol. The van der Waals surface area contributed by atoms with Crippen LogP contribution in [-0.4, -0.2) is 22.4 Å². The smallest absolute Gasteiger partial charge is 0.0658 e. The number of aliphatic hydroxyl groups excluding tert-OH is 2. The summed E-state index contributed by atoms with van der Waals surface area (Å²) in [7, 11) is 0. The molecule has 8 atom stereocenters. The largest absolute Gasteiger partial charge is 0.392 e. The van der Waals surface area contributed by atoms with Crippen molar-refractivity contribution >= 4 is 0 Å². The molecule has 0 amide bonds. The van der Waals surface area contributed by atoms with Crippen LogP contribution in [-0.2, 0) is 0 Å². The summed E-state index contributed by atoms with van der Waals surface area (Å²) in [6.45, 7) is 19.4. The van der Waals surface area contributed by atoms with E-state index in [1.807, 2.05) is 0 Å². The average molecular weight is 441 g/mol. The summed E-state index contributed by atoms with van der Waals surface area (Å²) in [5, 5.41) is 22.3. The molecule has 0 unspecified atom stereocenters. The Morgan fingerprint density at radius 3 is 2.09 bits per heavy atom. The number of hydrogen-bond donors (Lipinski definition) is 2. The van der Waals surface area contributed by atoms with Crippen molar-refractivity contribution in [2.24, 2.45) is 44.3 Å². The van der Waals surface area contributed by atoms with Crippen molar-refractivity contribution in [3.05, 3.63) is 23.3 Å². The van der Waals surface area contributed by atoms with Crippen LogP contribution in [0.5, 0.6) is 0 Å². The fraction of sp³-hybridized carbons (Fsp3) is 0.867. The van der Waals surface area contributed by atoms with Gasteiger partial charge in [-0.25, -0.2) is 0 Å². The molecule has 0 aromatic heterocycles. The minimum absolute atomic E-state index is 0.0879. The standard InChI is InChI=1S/C30H48O2/c1-25(2)13-14-27(5)15-16-28(6)19(20(27)18-25)9-10-22-29(28,7)12-11-21-26(3,4)23(31)17-24(32)30(21,22)8/h9-10,20-21,23-24,31-32H,11-18H2,1-8H3/t20-,21-,23-,24-,27+,28+,29+,30-/m0/s1. The number of allylic oxidation sites excluding steroid dienone is 3. The molecule has 5 aliphatic carbocycles. The number of fused-ring (bicyclic) bond motifs is 7. The molecule has 2 heteroatoms. The lowest BCUT2D eigenvalue weighted by Gasteiger charge is -2.69. The van der Waals surface area contributed by atoms with Gasteiger partial charge < -0.3 is 10.2 Å². The van der Waals surface area contributed by atoms with Gasteiger partial charge in [-0.15, -0.1) is 0 Å². The molecule has 0 radical (unpaired) electrons. The Labute approximate surface area is 197 Å². The van der Waals surface area contributed by atoms with Crippen LogP contribution < -0.4 is 0 Å². The van der Waals surface area contributed by atoms with Crippen molar-refractivity contribution in [2.45, 2.75) is 119 Å². The highest BCUT2D eigenvalue weighted by atomic mass is 16.3. The van der Waals surface area contributed by atoms with E-state index in [1.165, 1.54) is 44.1 Å². The van der Waals surface area contributed by atoms with Gasteiger partial charge in [-0.2, -0.15) is 0 Å². The van der Waals surface area contributed by atoms with Gasteiger partial charge in [0.2, 0.25) is 0 Å². The van der Waals surface area contributed by atoms with Crippen LogP contribution in [0, 0.1) is 44.3 Å². The molecule has 0 spiro atoms. The van der Waals surface area contributed by atoms with Crippen molar-refractivity contribution in [2.75, 3.05) is 0 Å². The zero-order chi connectivity index (χ0) is 23.5. The second-order valence-electron chi connectivity index (χ2n) is 14.9. The maximum absolute atomic E-state index is 11.5. The second-order valence-corrected chi connectivity index (χ2v) is 14.9. The van der Waals surface area contributed by atoms with Gasteiger partial charge in [0, 0.05) is 11.8 Å². The van der Waals surface area contributed by atoms with Crippen LogP contribution in [0.15, 0.2) is 23.3 Å². The fourth-order valence-electron chi connectivity index (χ4n) is 9.75. The topological polar surface area (TPSA) is 40.5 Å². The predicted molar refractivity (Wildman–Crippen MR) is 132 cm³/mol. The molecule has 4 fully saturated rings. The summed E-state index contributed by atoms with van der Waals surface area (Å²) < 4.78 is 0. The van der Waals surface area contributed by atoms with E-state index >= 15 is 0 Å². The zero-order valence-corrected chi connectivity index (χ0v) is 22.0. The molecule has 2 N–H and O–H groups in total. The first kappa shape index (κ1) is 23.2. The van der Waals surface area contributed by atoms with E-state index in [0.717, 1.165) is 6.42 Å². The molecule has 5 rings (SSSR count). The molecule has 0 saturated heterocycles. The number of aliphatic hydroxyl groups is 2. The summed E-state index contributed by atoms with van der Waals surface area (Å²) in [5.41, 5.74) is 3.91. The quantitative estimate of drug-likeness (QED) is 0.423. The highest BCUT2D eigenvalue weighted by molar-refractivity contribution is 5.46. The zero-order valence-electron chi connectivity index (χ0n) is 22.0. The van der Waals surface area contributed by atoms with Crippen molar-refractivity contribution in [3.8, 4) is 0 Å².